The molecule has 0 saturated carbocycles. The lowest BCUT2D eigenvalue weighted by Gasteiger charge is -2.14. The molecule has 2 aromatic carbocycles. The van der Waals surface area contributed by atoms with Gasteiger partial charge < -0.3 is 16.9 Å². The fourth-order valence-electron chi connectivity index (χ4n) is 3.05. The van der Waals surface area contributed by atoms with E-state index in [9.17, 15) is 8.78 Å². The van der Waals surface area contributed by atoms with Crippen molar-refractivity contribution in [1.82, 2.24) is 19.6 Å². The number of nitrogen functional groups attached to an aromatic ring is 3. The first-order valence-corrected chi connectivity index (χ1v) is 8.24. The Hall–Kier alpha value is -3.79. The van der Waals surface area contributed by atoms with Crippen molar-refractivity contribution in [3.8, 4) is 22.4 Å². The van der Waals surface area contributed by atoms with Gasteiger partial charge in [0.15, 0.2) is 5.65 Å². The third kappa shape index (κ3) is 2.76. The Bertz CT molecular complexity index is 1220. The van der Waals surface area contributed by atoms with Gasteiger partial charge in [0.25, 0.3) is 0 Å². The van der Waals surface area contributed by atoms with Crippen molar-refractivity contribution >= 4 is 23.0 Å². The lowest BCUT2D eigenvalue weighted by atomic mass is 9.98. The van der Waals surface area contributed by atoms with Crippen molar-refractivity contribution in [3.05, 3.63) is 53.9 Å². The summed E-state index contributed by atoms with van der Waals surface area (Å²) < 4.78 is 29.3. The Morgan fingerprint density at radius 1 is 1.04 bits per heavy atom. The number of rotatable bonds is 3. The molecule has 0 bridgehead atoms. The average molecular weight is 382 g/mol. The monoisotopic (exact) mass is 382 g/mol. The van der Waals surface area contributed by atoms with Crippen LogP contribution in [-0.2, 0) is 0 Å². The molecular formula is C18H16F2N8. The van der Waals surface area contributed by atoms with Gasteiger partial charge in [-0.1, -0.05) is 6.07 Å². The first kappa shape index (κ1) is 17.6. The summed E-state index contributed by atoms with van der Waals surface area (Å²) in [6, 6.07) is 8.28. The molecule has 0 unspecified atom stereocenters. The molecule has 4 aromatic rings. The van der Waals surface area contributed by atoms with Crippen LogP contribution in [0.1, 0.15) is 5.82 Å². The molecule has 4 rings (SSSR count). The number of fused-ring (bicyclic) bond motifs is 1. The van der Waals surface area contributed by atoms with Gasteiger partial charge in [-0.05, 0) is 36.8 Å². The third-order valence-corrected chi connectivity index (χ3v) is 4.30. The maximum atomic E-state index is 14.6. The van der Waals surface area contributed by atoms with Gasteiger partial charge in [0.05, 0.1) is 22.6 Å². The smallest absolute Gasteiger partial charge is 0.223 e. The van der Waals surface area contributed by atoms with Crippen LogP contribution in [0.15, 0.2) is 36.4 Å². The molecule has 0 amide bonds. The zero-order chi connectivity index (χ0) is 20.0. The summed E-state index contributed by atoms with van der Waals surface area (Å²) in [5.74, 6) is 4.44. The molecule has 8 nitrogen and oxygen atoms in total. The number of nitrogens with zero attached hydrogens (tertiary/aromatic N) is 4. The van der Waals surface area contributed by atoms with E-state index >= 15 is 0 Å². The summed E-state index contributed by atoms with van der Waals surface area (Å²) in [7, 11) is 0. The number of aryl methyl sites for hydroxylation is 1. The Morgan fingerprint density at radius 3 is 2.50 bits per heavy atom. The van der Waals surface area contributed by atoms with Crippen LogP contribution in [0.4, 0.5) is 26.1 Å². The first-order valence-electron chi connectivity index (χ1n) is 8.24. The van der Waals surface area contributed by atoms with Gasteiger partial charge in [0, 0.05) is 11.6 Å². The summed E-state index contributed by atoms with van der Waals surface area (Å²) in [6.07, 6.45) is 0. The number of anilines is 3. The molecule has 10 heteroatoms. The largest absolute Gasteiger partial charge is 0.397 e. The lowest BCUT2D eigenvalue weighted by molar-refractivity contribution is 0.585. The minimum absolute atomic E-state index is 0.0197. The number of nitrogens with two attached hydrogens (primary N) is 3. The van der Waals surface area contributed by atoms with Gasteiger partial charge in [-0.25, -0.2) is 18.7 Å². The van der Waals surface area contributed by atoms with E-state index in [1.165, 1.54) is 10.6 Å². The molecule has 0 saturated heterocycles. The number of halogens is 2. The van der Waals surface area contributed by atoms with E-state index in [1.54, 1.807) is 25.1 Å². The van der Waals surface area contributed by atoms with Gasteiger partial charge in [-0.3, -0.25) is 5.84 Å². The summed E-state index contributed by atoms with van der Waals surface area (Å²) >= 11 is 0. The second-order valence-electron chi connectivity index (χ2n) is 6.16. The second-order valence-corrected chi connectivity index (χ2v) is 6.16. The molecular weight excluding hydrogens is 366 g/mol. The van der Waals surface area contributed by atoms with Gasteiger partial charge in [0.2, 0.25) is 5.95 Å². The van der Waals surface area contributed by atoms with E-state index in [2.05, 4.69) is 20.5 Å². The van der Waals surface area contributed by atoms with Crippen LogP contribution in [0.25, 0.3) is 28.0 Å². The topological polar surface area (TPSA) is 133 Å². The minimum Gasteiger partial charge on any atom is -0.397 e. The van der Waals surface area contributed by atoms with Gasteiger partial charge in [0.1, 0.15) is 17.5 Å². The molecule has 0 radical (unpaired) electrons. The van der Waals surface area contributed by atoms with Crippen LogP contribution in [0.5, 0.6) is 0 Å². The number of benzene rings is 2. The summed E-state index contributed by atoms with van der Waals surface area (Å²) in [6.45, 7) is 1.70. The highest BCUT2D eigenvalue weighted by Crippen LogP contribution is 2.37. The summed E-state index contributed by atoms with van der Waals surface area (Å²) in [5.41, 5.74) is 17.1. The highest BCUT2D eigenvalue weighted by atomic mass is 19.1. The van der Waals surface area contributed by atoms with E-state index in [0.717, 1.165) is 12.1 Å². The highest BCUT2D eigenvalue weighted by molar-refractivity contribution is 5.92. The third-order valence-electron chi connectivity index (χ3n) is 4.30. The van der Waals surface area contributed by atoms with Crippen LogP contribution >= 0.6 is 0 Å². The normalized spacial score (nSPS) is 11.1. The van der Waals surface area contributed by atoms with E-state index < -0.39 is 11.6 Å². The summed E-state index contributed by atoms with van der Waals surface area (Å²) in [5, 5.41) is 4.23. The van der Waals surface area contributed by atoms with Crippen LogP contribution in [0.2, 0.25) is 0 Å². The Morgan fingerprint density at radius 2 is 1.82 bits per heavy atom. The zero-order valence-electron chi connectivity index (χ0n) is 14.7. The van der Waals surface area contributed by atoms with Crippen molar-refractivity contribution in [2.24, 2.45) is 5.84 Å². The van der Waals surface area contributed by atoms with Crippen molar-refractivity contribution in [2.45, 2.75) is 6.92 Å². The van der Waals surface area contributed by atoms with Crippen LogP contribution in [0, 0.1) is 18.6 Å². The number of hydrogen-bond donors (Lipinski definition) is 4. The van der Waals surface area contributed by atoms with E-state index in [4.69, 9.17) is 17.3 Å². The van der Waals surface area contributed by atoms with E-state index in [1.807, 2.05) is 0 Å². The van der Waals surface area contributed by atoms with Crippen molar-refractivity contribution in [3.63, 3.8) is 0 Å². The quantitative estimate of drug-likeness (QED) is 0.243. The SMILES string of the molecule is Cc1nc2c(-c3ccc(NN)c(N)c3)c(-c3ccc(F)cc3F)nc(N)n2n1. The highest BCUT2D eigenvalue weighted by Gasteiger charge is 2.22. The molecule has 142 valence electrons. The molecule has 0 aliphatic heterocycles. The molecule has 0 atom stereocenters. The van der Waals surface area contributed by atoms with Gasteiger partial charge in [-0.15, -0.1) is 5.10 Å². The van der Waals surface area contributed by atoms with Gasteiger partial charge >= 0.3 is 0 Å². The first-order chi connectivity index (χ1) is 13.4. The number of hydrogen-bond acceptors (Lipinski definition) is 7. The molecule has 2 aromatic heterocycles. The summed E-state index contributed by atoms with van der Waals surface area (Å²) in [4.78, 5) is 8.73. The van der Waals surface area contributed by atoms with E-state index in [-0.39, 0.29) is 17.2 Å². The second kappa shape index (κ2) is 6.43. The number of aromatic nitrogens is 4. The predicted molar refractivity (Wildman–Crippen MR) is 103 cm³/mol. The Kier molecular flexibility index (Phi) is 4.04. The van der Waals surface area contributed by atoms with Crippen molar-refractivity contribution < 1.29 is 8.78 Å². The molecule has 0 aliphatic carbocycles. The van der Waals surface area contributed by atoms with Crippen molar-refractivity contribution in [1.29, 1.82) is 0 Å². The minimum atomic E-state index is -0.776. The predicted octanol–water partition coefficient (Wildman–Crippen LogP) is 2.49. The maximum Gasteiger partial charge on any atom is 0.223 e. The number of hydrazine groups is 1. The molecule has 0 aliphatic rings. The molecule has 0 spiro atoms. The average Bonchev–Trinajstić information content (AvgIpc) is 3.03. The Balaban J connectivity index is 2.10. The lowest BCUT2D eigenvalue weighted by Crippen LogP contribution is -2.09. The molecule has 28 heavy (non-hydrogen) atoms. The van der Waals surface area contributed by atoms with Crippen LogP contribution < -0.4 is 22.7 Å². The van der Waals surface area contributed by atoms with Crippen molar-refractivity contribution in [2.75, 3.05) is 16.9 Å². The number of nitrogens with one attached hydrogen (secondary N) is 1. The molecule has 2 heterocycles. The van der Waals surface area contributed by atoms with Crippen LogP contribution in [0.3, 0.4) is 0 Å². The fourth-order valence-corrected chi connectivity index (χ4v) is 3.05. The Labute approximate surface area is 158 Å². The molecule has 0 fully saturated rings. The fraction of sp³-hybridized carbons (Fsp3) is 0.0556. The maximum absolute atomic E-state index is 14.6. The van der Waals surface area contributed by atoms with Crippen LogP contribution in [-0.4, -0.2) is 19.6 Å². The van der Waals surface area contributed by atoms with Gasteiger partial charge in [-0.2, -0.15) is 4.52 Å². The van der Waals surface area contributed by atoms with E-state index in [0.29, 0.717) is 34.0 Å². The standard InChI is InChI=1S/C18H16F2N8/c1-8-24-17-15(9-2-5-14(26-23)13(21)6-9)16(25-18(22)28(17)27-8)11-4-3-10(19)7-12(11)20/h2-7,26H,21,23H2,1H3,(H2,22,25). The zero-order valence-corrected chi connectivity index (χ0v) is 14.7. The molecule has 7 N–H and O–H groups in total.